The molecule has 194 valence electrons. The van der Waals surface area contributed by atoms with Crippen LogP contribution in [0.4, 0.5) is 0 Å². The van der Waals surface area contributed by atoms with Crippen molar-refractivity contribution in [1.29, 1.82) is 0 Å². The monoisotopic (exact) mass is 566 g/mol. The SMILES string of the molecule is O=S(=O)(NCCN(Cc1ccc(Cl)cc1)S(=O)(=O)c1cccc2cnccc12)c1cccc2cnccc12. The normalized spacial score (nSPS) is 12.4. The third-order valence-corrected chi connectivity index (χ3v) is 9.79. The number of fused-ring (bicyclic) bond motifs is 2. The quantitative estimate of drug-likeness (QED) is 0.279. The van der Waals surface area contributed by atoms with Crippen LogP contribution in [0.25, 0.3) is 21.5 Å². The van der Waals surface area contributed by atoms with Crippen molar-refractivity contribution in [2.24, 2.45) is 0 Å². The zero-order chi connectivity index (χ0) is 26.8. The van der Waals surface area contributed by atoms with E-state index in [0.29, 0.717) is 32.1 Å². The van der Waals surface area contributed by atoms with Gasteiger partial charge in [0.15, 0.2) is 0 Å². The van der Waals surface area contributed by atoms with Crippen molar-refractivity contribution in [3.63, 3.8) is 0 Å². The van der Waals surface area contributed by atoms with Crippen LogP contribution in [0.2, 0.25) is 5.02 Å². The second-order valence-corrected chi connectivity index (χ2v) is 12.6. The number of nitrogens with zero attached hydrogens (tertiary/aromatic N) is 3. The molecule has 0 aliphatic carbocycles. The van der Waals surface area contributed by atoms with Crippen LogP contribution in [0.1, 0.15) is 5.56 Å². The number of hydrogen-bond donors (Lipinski definition) is 1. The van der Waals surface area contributed by atoms with Gasteiger partial charge in [0.2, 0.25) is 20.0 Å². The Hall–Kier alpha value is -3.41. The molecule has 0 aliphatic heterocycles. The van der Waals surface area contributed by atoms with Crippen molar-refractivity contribution >= 4 is 53.2 Å². The number of hydrogen-bond acceptors (Lipinski definition) is 6. The van der Waals surface area contributed by atoms with Crippen LogP contribution in [0.5, 0.6) is 0 Å². The Morgan fingerprint density at radius 2 is 1.32 bits per heavy atom. The Morgan fingerprint density at radius 3 is 1.95 bits per heavy atom. The maximum atomic E-state index is 13.9. The van der Waals surface area contributed by atoms with Gasteiger partial charge in [-0.2, -0.15) is 4.31 Å². The van der Waals surface area contributed by atoms with E-state index in [1.165, 1.54) is 16.6 Å². The fourth-order valence-corrected chi connectivity index (χ4v) is 7.26. The minimum atomic E-state index is -4.02. The Morgan fingerprint density at radius 1 is 0.737 bits per heavy atom. The van der Waals surface area contributed by atoms with Crippen molar-refractivity contribution in [2.45, 2.75) is 16.3 Å². The van der Waals surface area contributed by atoms with Crippen molar-refractivity contribution in [1.82, 2.24) is 19.0 Å². The number of nitrogens with one attached hydrogen (secondary N) is 1. The summed E-state index contributed by atoms with van der Waals surface area (Å²) < 4.78 is 58.1. The molecule has 0 saturated carbocycles. The topological polar surface area (TPSA) is 109 Å². The first-order valence-electron chi connectivity index (χ1n) is 11.7. The molecule has 0 amide bonds. The maximum Gasteiger partial charge on any atom is 0.244 e. The van der Waals surface area contributed by atoms with Crippen molar-refractivity contribution in [2.75, 3.05) is 13.1 Å². The van der Waals surface area contributed by atoms with Crippen LogP contribution in [-0.4, -0.2) is 44.2 Å². The summed E-state index contributed by atoms with van der Waals surface area (Å²) in [4.78, 5) is 8.35. The van der Waals surface area contributed by atoms with Crippen LogP contribution in [-0.2, 0) is 26.6 Å². The number of halogens is 1. The largest absolute Gasteiger partial charge is 0.264 e. The number of aromatic nitrogens is 2. The molecule has 38 heavy (non-hydrogen) atoms. The van der Waals surface area contributed by atoms with Gasteiger partial charge in [-0.1, -0.05) is 48.0 Å². The number of rotatable bonds is 9. The first kappa shape index (κ1) is 26.2. The van der Waals surface area contributed by atoms with E-state index in [1.54, 1.807) is 85.3 Å². The Labute approximate surface area is 226 Å². The summed E-state index contributed by atoms with van der Waals surface area (Å²) in [6, 6.07) is 20.1. The summed E-state index contributed by atoms with van der Waals surface area (Å²) in [5.74, 6) is 0. The lowest BCUT2D eigenvalue weighted by molar-refractivity contribution is 0.409. The van der Waals surface area contributed by atoms with Gasteiger partial charge in [0.1, 0.15) is 0 Å². The standard InChI is InChI=1S/C27H23ClN4O4S2/c28-23-9-7-20(8-10-23)19-32(38(35,36)27-6-2-4-22-18-30-14-12-25(22)27)16-15-31-37(33,34)26-5-1-3-21-17-29-13-11-24(21)26/h1-14,17-18,31H,15-16,19H2. The van der Waals surface area contributed by atoms with E-state index in [0.717, 1.165) is 0 Å². The van der Waals surface area contributed by atoms with Crippen molar-refractivity contribution < 1.29 is 16.8 Å². The molecule has 2 aromatic heterocycles. The van der Waals surface area contributed by atoms with Crippen LogP contribution in [0, 0.1) is 0 Å². The molecule has 0 fully saturated rings. The molecule has 0 aliphatic rings. The molecular weight excluding hydrogens is 544 g/mol. The molecule has 8 nitrogen and oxygen atoms in total. The van der Waals surface area contributed by atoms with Gasteiger partial charge in [-0.05, 0) is 42.0 Å². The van der Waals surface area contributed by atoms with Gasteiger partial charge < -0.3 is 0 Å². The lowest BCUT2D eigenvalue weighted by Gasteiger charge is -2.23. The third kappa shape index (κ3) is 5.40. The second kappa shape index (κ2) is 10.8. The molecule has 0 spiro atoms. The number of pyridine rings is 2. The molecular formula is C27H23ClN4O4S2. The van der Waals surface area contributed by atoms with E-state index in [4.69, 9.17) is 11.6 Å². The molecule has 2 heterocycles. The van der Waals surface area contributed by atoms with E-state index in [9.17, 15) is 16.8 Å². The fraction of sp³-hybridized carbons (Fsp3) is 0.111. The van der Waals surface area contributed by atoms with Crippen molar-refractivity contribution in [3.05, 3.63) is 108 Å². The average molecular weight is 567 g/mol. The second-order valence-electron chi connectivity index (χ2n) is 8.57. The highest BCUT2D eigenvalue weighted by atomic mass is 35.5. The highest BCUT2D eigenvalue weighted by molar-refractivity contribution is 7.90. The summed E-state index contributed by atoms with van der Waals surface area (Å²) in [7, 11) is -7.95. The smallest absolute Gasteiger partial charge is 0.244 e. The van der Waals surface area contributed by atoms with Crippen LogP contribution < -0.4 is 4.72 Å². The zero-order valence-corrected chi connectivity index (χ0v) is 22.4. The van der Waals surface area contributed by atoms with Crippen LogP contribution in [0.3, 0.4) is 0 Å². The summed E-state index contributed by atoms with van der Waals surface area (Å²) in [5.41, 5.74) is 0.712. The minimum Gasteiger partial charge on any atom is -0.264 e. The molecule has 0 saturated heterocycles. The molecule has 0 radical (unpaired) electrons. The molecule has 0 bridgehead atoms. The van der Waals surface area contributed by atoms with E-state index in [2.05, 4.69) is 14.7 Å². The molecule has 0 atom stereocenters. The maximum absolute atomic E-state index is 13.9. The molecule has 5 rings (SSSR count). The van der Waals surface area contributed by atoms with Crippen LogP contribution in [0.15, 0.2) is 107 Å². The van der Waals surface area contributed by atoms with Gasteiger partial charge in [0.05, 0.1) is 9.79 Å². The van der Waals surface area contributed by atoms with E-state index < -0.39 is 20.0 Å². The van der Waals surface area contributed by atoms with Gasteiger partial charge >= 0.3 is 0 Å². The van der Waals surface area contributed by atoms with E-state index >= 15 is 0 Å². The summed E-state index contributed by atoms with van der Waals surface area (Å²) in [5, 5.41) is 2.97. The minimum absolute atomic E-state index is 0.0304. The fourth-order valence-electron chi connectivity index (χ4n) is 4.24. The van der Waals surface area contributed by atoms with Gasteiger partial charge in [-0.15, -0.1) is 0 Å². The molecule has 5 aromatic rings. The Balaban J connectivity index is 1.45. The lowest BCUT2D eigenvalue weighted by atomic mass is 10.2. The third-order valence-electron chi connectivity index (χ3n) is 6.11. The van der Waals surface area contributed by atoms with E-state index in [-0.39, 0.29) is 29.4 Å². The van der Waals surface area contributed by atoms with Gasteiger partial charge in [-0.3, -0.25) is 9.97 Å². The van der Waals surface area contributed by atoms with Gasteiger partial charge in [-0.25, -0.2) is 21.6 Å². The highest BCUT2D eigenvalue weighted by Crippen LogP contribution is 2.27. The van der Waals surface area contributed by atoms with Gasteiger partial charge in [0, 0.05) is 71.0 Å². The average Bonchev–Trinajstić information content (AvgIpc) is 2.92. The summed E-state index contributed by atoms with van der Waals surface area (Å²) >= 11 is 6.01. The van der Waals surface area contributed by atoms with Crippen LogP contribution >= 0.6 is 11.6 Å². The lowest BCUT2D eigenvalue weighted by Crippen LogP contribution is -2.38. The Kier molecular flexibility index (Phi) is 7.42. The Bertz CT molecular complexity index is 1820. The molecule has 0 unspecified atom stereocenters. The predicted molar refractivity (Wildman–Crippen MR) is 148 cm³/mol. The molecule has 11 heteroatoms. The summed E-state index contributed by atoms with van der Waals surface area (Å²) in [6.45, 7) is -0.205. The summed E-state index contributed by atoms with van der Waals surface area (Å²) in [6.07, 6.45) is 6.26. The number of sulfonamides is 2. The zero-order valence-electron chi connectivity index (χ0n) is 20.0. The first-order valence-corrected chi connectivity index (χ1v) is 15.0. The van der Waals surface area contributed by atoms with E-state index in [1.807, 2.05) is 0 Å². The molecule has 3 aromatic carbocycles. The van der Waals surface area contributed by atoms with Gasteiger partial charge in [0.25, 0.3) is 0 Å². The molecule has 1 N–H and O–H groups in total. The number of benzene rings is 3. The highest BCUT2D eigenvalue weighted by Gasteiger charge is 2.27. The predicted octanol–water partition coefficient (Wildman–Crippen LogP) is 4.61. The first-order chi connectivity index (χ1) is 18.3. The van der Waals surface area contributed by atoms with Crippen molar-refractivity contribution in [3.8, 4) is 0 Å².